The van der Waals surface area contributed by atoms with Crippen molar-refractivity contribution < 1.29 is 26.7 Å². The molecule has 1 aliphatic rings. The van der Waals surface area contributed by atoms with Crippen molar-refractivity contribution in [3.05, 3.63) is 60.7 Å². The molecule has 43 heavy (non-hydrogen) atoms. The highest BCUT2D eigenvalue weighted by atomic mass is 28.4. The maximum atomic E-state index is 9.75. The molecule has 2 aromatic rings. The van der Waals surface area contributed by atoms with E-state index in [9.17, 15) is 17.3 Å². The SMILES string of the molecule is CC(CCCCC[C@H]1CCCCCC[C@@H](C)NC(N)=[NH+]1)O[Si](c1ccccc1)(c1ccccc1)C(C)(C)C.F[B-](F)(F)F. The summed E-state index contributed by atoms with van der Waals surface area (Å²) in [4.78, 5) is 3.59. The van der Waals surface area contributed by atoms with Gasteiger partial charge < -0.3 is 21.7 Å². The molecule has 1 aliphatic heterocycles. The Morgan fingerprint density at radius 1 is 0.884 bits per heavy atom. The van der Waals surface area contributed by atoms with E-state index in [4.69, 9.17) is 10.2 Å². The van der Waals surface area contributed by atoms with Crippen molar-refractivity contribution in [1.29, 1.82) is 0 Å². The van der Waals surface area contributed by atoms with E-state index in [0.717, 1.165) is 12.4 Å². The number of rotatable bonds is 10. The Kier molecular flexibility index (Phi) is 15.3. The summed E-state index contributed by atoms with van der Waals surface area (Å²) in [7, 11) is -8.48. The molecule has 0 spiro atoms. The van der Waals surface area contributed by atoms with Crippen molar-refractivity contribution >= 4 is 31.9 Å². The number of hydrogen-bond donors (Lipinski definition) is 3. The summed E-state index contributed by atoms with van der Waals surface area (Å²) in [5.74, 6) is 0.761. The zero-order chi connectivity index (χ0) is 31.9. The predicted octanol–water partition coefficient (Wildman–Crippen LogP) is 6.30. The molecule has 0 amide bonds. The lowest BCUT2D eigenvalue weighted by Crippen LogP contribution is -2.84. The highest BCUT2D eigenvalue weighted by Crippen LogP contribution is 2.38. The summed E-state index contributed by atoms with van der Waals surface area (Å²) in [6.07, 6.45) is 13.8. The second kappa shape index (κ2) is 17.8. The van der Waals surface area contributed by atoms with Crippen LogP contribution in [0.15, 0.2) is 60.7 Å². The van der Waals surface area contributed by atoms with Gasteiger partial charge in [-0.15, -0.1) is 0 Å². The molecular formula is C33H54BF4N3OSi. The van der Waals surface area contributed by atoms with E-state index in [1.54, 1.807) is 0 Å². The molecule has 0 bridgehead atoms. The standard InChI is InChI=1S/C33H53N3OSi.BF4/c1-27-19-11-6-7-13-21-29(36-32(34)35-27)22-14-8-12-20-28(2)37-38(33(3,4)5,30-23-15-9-16-24-30)31-25-17-10-18-26-31;2-1(3,4)5/h9-10,15-18,23-29H,6-8,11-14,19-22H2,1-5H3,(H3,34,35,36);/q;-1/p+1/t27-,28?,29-;/m1./s1. The number of hydrogen-bond acceptors (Lipinski definition) is 3. The van der Waals surface area contributed by atoms with Crippen molar-refractivity contribution in [3.63, 3.8) is 0 Å². The summed E-state index contributed by atoms with van der Waals surface area (Å²) >= 11 is 0. The quantitative estimate of drug-likeness (QED) is 0.166. The minimum Gasteiger partial charge on any atom is -0.418 e. The summed E-state index contributed by atoms with van der Waals surface area (Å²) < 4.78 is 46.3. The Bertz CT molecular complexity index is 1020. The lowest BCUT2D eigenvalue weighted by molar-refractivity contribution is -0.508. The minimum atomic E-state index is -6.00. The number of nitrogens with one attached hydrogen (secondary N) is 2. The van der Waals surface area contributed by atoms with Gasteiger partial charge in [0.2, 0.25) is 0 Å². The molecule has 242 valence electrons. The van der Waals surface area contributed by atoms with Crippen molar-refractivity contribution in [1.82, 2.24) is 5.32 Å². The van der Waals surface area contributed by atoms with E-state index in [1.807, 2.05) is 0 Å². The third kappa shape index (κ3) is 13.5. The Morgan fingerprint density at radius 2 is 1.40 bits per heavy atom. The maximum absolute atomic E-state index is 9.75. The molecule has 0 saturated heterocycles. The second-order valence-electron chi connectivity index (χ2n) is 13.0. The molecule has 1 heterocycles. The molecule has 0 fully saturated rings. The monoisotopic (exact) mass is 623 g/mol. The van der Waals surface area contributed by atoms with Gasteiger partial charge in [-0.25, -0.2) is 0 Å². The van der Waals surface area contributed by atoms with Gasteiger partial charge in [-0.3, -0.25) is 16.0 Å². The van der Waals surface area contributed by atoms with E-state index < -0.39 is 15.6 Å². The van der Waals surface area contributed by atoms with Crippen LogP contribution in [0.5, 0.6) is 0 Å². The van der Waals surface area contributed by atoms with Crippen LogP contribution in [0.25, 0.3) is 0 Å². The predicted molar refractivity (Wildman–Crippen MR) is 176 cm³/mol. The topological polar surface area (TPSA) is 61.2 Å². The van der Waals surface area contributed by atoms with Crippen LogP contribution < -0.4 is 26.4 Å². The average Bonchev–Trinajstić information content (AvgIpc) is 2.95. The van der Waals surface area contributed by atoms with Crippen LogP contribution in [0.4, 0.5) is 17.3 Å². The normalized spacial score (nSPS) is 19.6. The molecule has 3 rings (SSSR count). The van der Waals surface area contributed by atoms with Gasteiger partial charge in [0.1, 0.15) is 0 Å². The van der Waals surface area contributed by atoms with Crippen LogP contribution in [0.3, 0.4) is 0 Å². The third-order valence-corrected chi connectivity index (χ3v) is 13.3. The van der Waals surface area contributed by atoms with Gasteiger partial charge >= 0.3 is 13.2 Å². The second-order valence-corrected chi connectivity index (χ2v) is 17.3. The molecule has 4 nitrogen and oxygen atoms in total. The molecule has 0 radical (unpaired) electrons. The zero-order valence-electron chi connectivity index (χ0n) is 26.9. The Morgan fingerprint density at radius 3 is 1.91 bits per heavy atom. The van der Waals surface area contributed by atoms with Gasteiger partial charge in [0.25, 0.3) is 8.32 Å². The lowest BCUT2D eigenvalue weighted by atomic mass is 10.0. The lowest BCUT2D eigenvalue weighted by Gasteiger charge is -2.44. The highest BCUT2D eigenvalue weighted by Gasteiger charge is 2.50. The van der Waals surface area contributed by atoms with E-state index in [1.165, 1.54) is 74.6 Å². The van der Waals surface area contributed by atoms with Crippen molar-refractivity contribution in [2.45, 2.75) is 128 Å². The third-order valence-electron chi connectivity index (χ3n) is 8.16. The van der Waals surface area contributed by atoms with Crippen LogP contribution in [0.2, 0.25) is 5.04 Å². The first kappa shape index (κ1) is 36.9. The Hall–Kier alpha value is -2.33. The molecule has 0 aromatic heterocycles. The minimum absolute atomic E-state index is 0.0201. The molecular weight excluding hydrogens is 569 g/mol. The molecule has 10 heteroatoms. The van der Waals surface area contributed by atoms with Gasteiger partial charge in [-0.05, 0) is 54.9 Å². The van der Waals surface area contributed by atoms with Crippen LogP contribution in [0, 0.1) is 0 Å². The Labute approximate surface area is 258 Å². The number of guanidine groups is 1. The van der Waals surface area contributed by atoms with Crippen molar-refractivity contribution in [2.75, 3.05) is 0 Å². The Balaban J connectivity index is 0.00000119. The van der Waals surface area contributed by atoms with E-state index in [2.05, 4.69) is 106 Å². The molecule has 1 unspecified atom stereocenters. The molecule has 4 N–H and O–H groups in total. The fourth-order valence-electron chi connectivity index (χ4n) is 6.13. The van der Waals surface area contributed by atoms with Gasteiger partial charge in [-0.2, -0.15) is 0 Å². The van der Waals surface area contributed by atoms with Crippen LogP contribution in [0.1, 0.15) is 105 Å². The van der Waals surface area contributed by atoms with Crippen LogP contribution in [-0.4, -0.2) is 39.7 Å². The number of nitrogens with two attached hydrogens (primary N) is 1. The van der Waals surface area contributed by atoms with Gasteiger partial charge in [-0.1, -0.05) is 126 Å². The first-order valence-corrected chi connectivity index (χ1v) is 17.9. The smallest absolute Gasteiger partial charge is 0.418 e. The average molecular weight is 624 g/mol. The molecule has 0 saturated carbocycles. The van der Waals surface area contributed by atoms with Gasteiger partial charge in [0.15, 0.2) is 0 Å². The van der Waals surface area contributed by atoms with Crippen molar-refractivity contribution in [3.8, 4) is 0 Å². The number of unbranched alkanes of at least 4 members (excludes halogenated alkanes) is 2. The molecule has 2 aromatic carbocycles. The van der Waals surface area contributed by atoms with Crippen LogP contribution >= 0.6 is 0 Å². The maximum Gasteiger partial charge on any atom is 0.673 e. The summed E-state index contributed by atoms with van der Waals surface area (Å²) in [6.45, 7) is 11.6. The van der Waals surface area contributed by atoms with E-state index in [-0.39, 0.29) is 11.1 Å². The van der Waals surface area contributed by atoms with E-state index >= 15 is 0 Å². The fourth-order valence-corrected chi connectivity index (χ4v) is 10.9. The zero-order valence-corrected chi connectivity index (χ0v) is 27.9. The molecule has 0 aliphatic carbocycles. The first-order chi connectivity index (χ1) is 20.2. The van der Waals surface area contributed by atoms with Gasteiger partial charge in [0.05, 0.1) is 12.1 Å². The summed E-state index contributed by atoms with van der Waals surface area (Å²) in [5.41, 5.74) is 6.30. The van der Waals surface area contributed by atoms with Gasteiger partial charge in [0, 0.05) is 6.10 Å². The fraction of sp³-hybridized carbons (Fsp3) is 0.606. The van der Waals surface area contributed by atoms with Crippen molar-refractivity contribution in [2.24, 2.45) is 5.73 Å². The highest BCUT2D eigenvalue weighted by molar-refractivity contribution is 6.99. The summed E-state index contributed by atoms with van der Waals surface area (Å²) in [6, 6.07) is 22.9. The largest absolute Gasteiger partial charge is 0.673 e. The van der Waals surface area contributed by atoms with E-state index in [0.29, 0.717) is 12.1 Å². The first-order valence-electron chi connectivity index (χ1n) is 16.0. The summed E-state index contributed by atoms with van der Waals surface area (Å²) in [5, 5.41) is 6.20. The molecule has 3 atom stereocenters. The number of benzene rings is 2. The van der Waals surface area contributed by atoms with Crippen LogP contribution in [-0.2, 0) is 4.43 Å². The number of halogens is 4.